The summed E-state index contributed by atoms with van der Waals surface area (Å²) < 4.78 is 5.27. The van der Waals surface area contributed by atoms with Gasteiger partial charge in [0.05, 0.1) is 6.61 Å². The molecule has 0 fully saturated rings. The molecular weight excluding hydrogens is 136 g/mol. The second-order valence-corrected chi connectivity index (χ2v) is 2.22. The van der Waals surface area contributed by atoms with Crippen LogP contribution in [0.25, 0.3) is 0 Å². The fraction of sp³-hybridized carbons (Fsp3) is 0.400. The Kier molecular flexibility index (Phi) is 5.26. The Labute approximate surface area is 69.1 Å². The van der Waals surface area contributed by atoms with Gasteiger partial charge in [-0.25, -0.2) is 0 Å². The Morgan fingerprint density at radius 1 is 1.55 bits per heavy atom. The van der Waals surface area contributed by atoms with Crippen LogP contribution in [-0.2, 0) is 4.74 Å². The fourth-order valence-corrected chi connectivity index (χ4v) is 0.634. The van der Waals surface area contributed by atoms with Gasteiger partial charge in [0.25, 0.3) is 0 Å². The maximum absolute atomic E-state index is 5.27. The standard InChI is InChI=1S/C10H16O/c1-5-9(4)8-10(6-2)11-7-3/h5-6,8H,2,7H2,1,3-4H3/b9-5-,10-8+. The molecule has 0 unspecified atom stereocenters. The predicted octanol–water partition coefficient (Wildman–Crippen LogP) is 3.06. The van der Waals surface area contributed by atoms with E-state index in [1.54, 1.807) is 6.08 Å². The van der Waals surface area contributed by atoms with Crippen LogP contribution in [-0.4, -0.2) is 6.61 Å². The van der Waals surface area contributed by atoms with Crippen molar-refractivity contribution in [1.82, 2.24) is 0 Å². The highest BCUT2D eigenvalue weighted by atomic mass is 16.5. The summed E-state index contributed by atoms with van der Waals surface area (Å²) in [4.78, 5) is 0. The van der Waals surface area contributed by atoms with Gasteiger partial charge in [0.1, 0.15) is 5.76 Å². The van der Waals surface area contributed by atoms with Gasteiger partial charge in [-0.1, -0.05) is 18.2 Å². The molecule has 0 radical (unpaired) electrons. The van der Waals surface area contributed by atoms with Crippen molar-refractivity contribution < 1.29 is 4.74 Å². The fourth-order valence-electron chi connectivity index (χ4n) is 0.634. The molecule has 0 N–H and O–H groups in total. The van der Waals surface area contributed by atoms with E-state index in [-0.39, 0.29) is 0 Å². The molecule has 0 atom stereocenters. The monoisotopic (exact) mass is 152 g/mol. The number of allylic oxidation sites excluding steroid dienone is 4. The van der Waals surface area contributed by atoms with Crippen LogP contribution in [0.2, 0.25) is 0 Å². The molecule has 0 aromatic heterocycles. The first-order valence-corrected chi connectivity index (χ1v) is 3.84. The molecule has 0 heterocycles. The summed E-state index contributed by atoms with van der Waals surface area (Å²) in [7, 11) is 0. The van der Waals surface area contributed by atoms with Crippen molar-refractivity contribution in [2.75, 3.05) is 6.61 Å². The molecule has 0 spiro atoms. The van der Waals surface area contributed by atoms with Crippen LogP contribution >= 0.6 is 0 Å². The summed E-state index contributed by atoms with van der Waals surface area (Å²) in [6.45, 7) is 10.3. The van der Waals surface area contributed by atoms with Crippen molar-refractivity contribution in [1.29, 1.82) is 0 Å². The third-order valence-electron chi connectivity index (χ3n) is 1.34. The van der Waals surface area contributed by atoms with Crippen LogP contribution in [0.4, 0.5) is 0 Å². The van der Waals surface area contributed by atoms with E-state index < -0.39 is 0 Å². The second kappa shape index (κ2) is 5.78. The molecule has 0 bridgehead atoms. The zero-order valence-corrected chi connectivity index (χ0v) is 7.55. The van der Waals surface area contributed by atoms with Gasteiger partial charge in [0.15, 0.2) is 0 Å². The van der Waals surface area contributed by atoms with Crippen LogP contribution in [0.15, 0.2) is 36.1 Å². The average molecular weight is 152 g/mol. The van der Waals surface area contributed by atoms with E-state index in [4.69, 9.17) is 4.74 Å². The van der Waals surface area contributed by atoms with Crippen LogP contribution in [0.5, 0.6) is 0 Å². The van der Waals surface area contributed by atoms with Gasteiger partial charge in [-0.3, -0.25) is 0 Å². The minimum absolute atomic E-state index is 0.689. The van der Waals surface area contributed by atoms with Crippen molar-refractivity contribution >= 4 is 0 Å². The molecule has 0 aliphatic rings. The summed E-state index contributed by atoms with van der Waals surface area (Å²) >= 11 is 0. The topological polar surface area (TPSA) is 9.23 Å². The largest absolute Gasteiger partial charge is 0.494 e. The van der Waals surface area contributed by atoms with Crippen LogP contribution in [0.1, 0.15) is 20.8 Å². The van der Waals surface area contributed by atoms with E-state index in [0.29, 0.717) is 6.61 Å². The molecule has 0 saturated heterocycles. The lowest BCUT2D eigenvalue weighted by Crippen LogP contribution is -1.87. The predicted molar refractivity (Wildman–Crippen MR) is 49.3 cm³/mol. The number of ether oxygens (including phenoxy) is 1. The lowest BCUT2D eigenvalue weighted by molar-refractivity contribution is 0.242. The van der Waals surface area contributed by atoms with Crippen molar-refractivity contribution in [2.45, 2.75) is 20.8 Å². The lowest BCUT2D eigenvalue weighted by Gasteiger charge is -2.02. The van der Waals surface area contributed by atoms with E-state index in [2.05, 4.69) is 6.58 Å². The summed E-state index contributed by atoms with van der Waals surface area (Å²) in [6.07, 6.45) is 5.72. The Balaban J connectivity index is 4.22. The van der Waals surface area contributed by atoms with Gasteiger partial charge < -0.3 is 4.74 Å². The molecule has 0 aromatic carbocycles. The molecule has 0 aromatic rings. The Hall–Kier alpha value is -0.980. The summed E-state index contributed by atoms with van der Waals surface area (Å²) in [5.74, 6) is 0.836. The molecule has 1 heteroatoms. The highest BCUT2D eigenvalue weighted by molar-refractivity contribution is 5.23. The maximum atomic E-state index is 5.27. The molecule has 0 saturated carbocycles. The molecule has 0 aliphatic heterocycles. The van der Waals surface area contributed by atoms with E-state index in [1.165, 1.54) is 5.57 Å². The summed E-state index contributed by atoms with van der Waals surface area (Å²) in [5, 5.41) is 0. The summed E-state index contributed by atoms with van der Waals surface area (Å²) in [6, 6.07) is 0. The first-order valence-electron chi connectivity index (χ1n) is 3.84. The second-order valence-electron chi connectivity index (χ2n) is 2.22. The minimum atomic E-state index is 0.689. The maximum Gasteiger partial charge on any atom is 0.118 e. The quantitative estimate of drug-likeness (QED) is 0.444. The van der Waals surface area contributed by atoms with Gasteiger partial charge in [-0.15, -0.1) is 0 Å². The molecule has 11 heavy (non-hydrogen) atoms. The van der Waals surface area contributed by atoms with Crippen molar-refractivity contribution in [3.63, 3.8) is 0 Å². The Bertz CT molecular complexity index is 175. The van der Waals surface area contributed by atoms with Gasteiger partial charge in [-0.2, -0.15) is 0 Å². The third-order valence-corrected chi connectivity index (χ3v) is 1.34. The van der Waals surface area contributed by atoms with Gasteiger partial charge in [0.2, 0.25) is 0 Å². The normalized spacial score (nSPS) is 13.0. The smallest absolute Gasteiger partial charge is 0.118 e. The average Bonchev–Trinajstić information content (AvgIpc) is 2.03. The van der Waals surface area contributed by atoms with E-state index in [9.17, 15) is 0 Å². The molecule has 0 amide bonds. The van der Waals surface area contributed by atoms with E-state index in [1.807, 2.05) is 32.9 Å². The molecular formula is C10H16O. The number of hydrogen-bond acceptors (Lipinski definition) is 1. The van der Waals surface area contributed by atoms with Crippen molar-refractivity contribution in [2.24, 2.45) is 0 Å². The number of hydrogen-bond donors (Lipinski definition) is 0. The third kappa shape index (κ3) is 4.43. The highest BCUT2D eigenvalue weighted by Crippen LogP contribution is 2.04. The SMILES string of the molecule is C=C/C(=C\C(C)=C/C)OCC. The lowest BCUT2D eigenvalue weighted by atomic mass is 10.2. The van der Waals surface area contributed by atoms with E-state index in [0.717, 1.165) is 5.76 Å². The zero-order valence-electron chi connectivity index (χ0n) is 7.55. The van der Waals surface area contributed by atoms with Gasteiger partial charge in [-0.05, 0) is 32.9 Å². The van der Waals surface area contributed by atoms with Crippen molar-refractivity contribution in [3.05, 3.63) is 36.1 Å². The summed E-state index contributed by atoms with van der Waals surface area (Å²) in [5.41, 5.74) is 1.19. The molecule has 1 nitrogen and oxygen atoms in total. The Morgan fingerprint density at radius 2 is 2.18 bits per heavy atom. The van der Waals surface area contributed by atoms with Crippen LogP contribution in [0, 0.1) is 0 Å². The molecule has 0 rings (SSSR count). The van der Waals surface area contributed by atoms with Gasteiger partial charge >= 0.3 is 0 Å². The van der Waals surface area contributed by atoms with Crippen LogP contribution < -0.4 is 0 Å². The van der Waals surface area contributed by atoms with Crippen LogP contribution in [0.3, 0.4) is 0 Å². The molecule has 0 aliphatic carbocycles. The number of rotatable bonds is 4. The highest BCUT2D eigenvalue weighted by Gasteiger charge is 1.88. The Morgan fingerprint density at radius 3 is 2.55 bits per heavy atom. The first-order chi connectivity index (χ1) is 5.24. The van der Waals surface area contributed by atoms with E-state index >= 15 is 0 Å². The van der Waals surface area contributed by atoms with Gasteiger partial charge in [0, 0.05) is 0 Å². The minimum Gasteiger partial charge on any atom is -0.494 e. The first kappa shape index (κ1) is 10.0. The van der Waals surface area contributed by atoms with Crippen molar-refractivity contribution in [3.8, 4) is 0 Å². The molecule has 62 valence electrons. The zero-order chi connectivity index (χ0) is 8.69.